The number of carbonyl (C=O) groups is 1. The molecule has 8 heteroatoms. The van der Waals surface area contributed by atoms with Gasteiger partial charge in [0.25, 0.3) is 0 Å². The van der Waals surface area contributed by atoms with Gasteiger partial charge in [-0.25, -0.2) is 4.79 Å². The van der Waals surface area contributed by atoms with Crippen LogP contribution in [0.25, 0.3) is 0 Å². The third-order valence-electron chi connectivity index (χ3n) is 4.09. The fraction of sp³-hybridized carbons (Fsp3) is 0.562. The van der Waals surface area contributed by atoms with E-state index in [0.717, 1.165) is 6.07 Å². The highest BCUT2D eigenvalue weighted by Crippen LogP contribution is 2.34. The number of alkyl halides is 3. The van der Waals surface area contributed by atoms with Gasteiger partial charge < -0.3 is 20.5 Å². The smallest absolute Gasteiger partial charge is 0.416 e. The Morgan fingerprint density at radius 1 is 1.29 bits per heavy atom. The largest absolute Gasteiger partial charge is 0.497 e. The molecule has 134 valence electrons. The highest BCUT2D eigenvalue weighted by atomic mass is 19.4. The molecule has 24 heavy (non-hydrogen) atoms. The summed E-state index contributed by atoms with van der Waals surface area (Å²) in [5, 5.41) is 14.6. The van der Waals surface area contributed by atoms with Crippen LogP contribution in [0, 0.1) is 0 Å². The molecule has 2 amide bonds. The minimum Gasteiger partial charge on any atom is -0.497 e. The molecule has 1 fully saturated rings. The molecule has 1 aliphatic carbocycles. The first-order valence-corrected chi connectivity index (χ1v) is 7.76. The fourth-order valence-electron chi connectivity index (χ4n) is 2.73. The summed E-state index contributed by atoms with van der Waals surface area (Å²) < 4.78 is 44.1. The van der Waals surface area contributed by atoms with Gasteiger partial charge in [-0.2, -0.15) is 13.2 Å². The lowest BCUT2D eigenvalue weighted by atomic mass is 9.93. The van der Waals surface area contributed by atoms with Gasteiger partial charge in [-0.15, -0.1) is 0 Å². The summed E-state index contributed by atoms with van der Waals surface area (Å²) in [5.41, 5.74) is -0.861. The van der Waals surface area contributed by atoms with Crippen molar-refractivity contribution in [2.75, 3.05) is 7.11 Å². The third kappa shape index (κ3) is 5.02. The van der Waals surface area contributed by atoms with E-state index in [9.17, 15) is 23.1 Å². The maximum absolute atomic E-state index is 13.1. The molecule has 0 aliphatic heterocycles. The number of benzene rings is 1. The number of amides is 2. The Balaban J connectivity index is 1.94. The van der Waals surface area contributed by atoms with E-state index in [-0.39, 0.29) is 30.0 Å². The van der Waals surface area contributed by atoms with Crippen LogP contribution in [0.2, 0.25) is 0 Å². The number of aliphatic hydroxyl groups is 1. The van der Waals surface area contributed by atoms with E-state index in [1.54, 1.807) is 0 Å². The normalized spacial score (nSPS) is 21.2. The zero-order valence-electron chi connectivity index (χ0n) is 13.3. The topological polar surface area (TPSA) is 70.6 Å². The highest BCUT2D eigenvalue weighted by molar-refractivity contribution is 5.74. The van der Waals surface area contributed by atoms with Crippen molar-refractivity contribution in [3.05, 3.63) is 29.3 Å². The van der Waals surface area contributed by atoms with Crippen LogP contribution in [0.3, 0.4) is 0 Å². The van der Waals surface area contributed by atoms with Gasteiger partial charge in [0, 0.05) is 12.6 Å². The molecule has 1 aliphatic rings. The highest BCUT2D eigenvalue weighted by Gasteiger charge is 2.33. The predicted octanol–water partition coefficient (Wildman–Crippen LogP) is 2.82. The molecule has 0 aromatic heterocycles. The van der Waals surface area contributed by atoms with Crippen LogP contribution in [-0.4, -0.2) is 30.4 Å². The number of urea groups is 1. The van der Waals surface area contributed by atoms with Gasteiger partial charge in [0.15, 0.2) is 0 Å². The van der Waals surface area contributed by atoms with Gasteiger partial charge in [-0.05, 0) is 43.4 Å². The third-order valence-corrected chi connectivity index (χ3v) is 4.09. The quantitative estimate of drug-likeness (QED) is 0.785. The fourth-order valence-corrected chi connectivity index (χ4v) is 2.73. The minimum atomic E-state index is -4.53. The Bertz CT molecular complexity index is 570. The molecule has 5 nitrogen and oxygen atoms in total. The number of rotatable bonds is 4. The summed E-state index contributed by atoms with van der Waals surface area (Å²) in [5.74, 6) is 0.108. The van der Waals surface area contributed by atoms with Crippen molar-refractivity contribution in [3.63, 3.8) is 0 Å². The molecular formula is C16H21F3N2O3. The summed E-state index contributed by atoms with van der Waals surface area (Å²) >= 11 is 0. The van der Waals surface area contributed by atoms with Crippen LogP contribution in [0.4, 0.5) is 18.0 Å². The van der Waals surface area contributed by atoms with Crippen molar-refractivity contribution < 1.29 is 27.8 Å². The number of methoxy groups -OCH3 is 1. The van der Waals surface area contributed by atoms with Gasteiger partial charge in [-0.3, -0.25) is 0 Å². The Morgan fingerprint density at radius 2 is 1.96 bits per heavy atom. The van der Waals surface area contributed by atoms with Gasteiger partial charge in [-0.1, -0.05) is 6.07 Å². The number of carbonyl (C=O) groups excluding carboxylic acids is 1. The molecular weight excluding hydrogens is 325 g/mol. The SMILES string of the molecule is COc1ccc(CNC(=O)NC2CCC(O)CC2)c(C(F)(F)F)c1. The number of nitrogens with one attached hydrogen (secondary N) is 2. The van der Waals surface area contributed by atoms with Crippen LogP contribution < -0.4 is 15.4 Å². The van der Waals surface area contributed by atoms with Gasteiger partial charge in [0.2, 0.25) is 0 Å². The van der Waals surface area contributed by atoms with Crippen LogP contribution in [0.15, 0.2) is 18.2 Å². The number of halogens is 3. The van der Waals surface area contributed by atoms with Crippen LogP contribution in [-0.2, 0) is 12.7 Å². The molecule has 1 aromatic carbocycles. The first kappa shape index (κ1) is 18.4. The molecule has 0 heterocycles. The Kier molecular flexibility index (Phi) is 5.93. The maximum atomic E-state index is 13.1. The van der Waals surface area contributed by atoms with E-state index >= 15 is 0 Å². The summed E-state index contributed by atoms with van der Waals surface area (Å²) in [6, 6.07) is 3.05. The first-order chi connectivity index (χ1) is 11.3. The van der Waals surface area contributed by atoms with Gasteiger partial charge in [0.05, 0.1) is 18.8 Å². The van der Waals surface area contributed by atoms with E-state index in [1.807, 2.05) is 0 Å². The molecule has 0 unspecified atom stereocenters. The van der Waals surface area contributed by atoms with Crippen molar-refractivity contribution in [1.29, 1.82) is 0 Å². The van der Waals surface area contributed by atoms with Crippen molar-refractivity contribution in [2.24, 2.45) is 0 Å². The van der Waals surface area contributed by atoms with Crippen molar-refractivity contribution >= 4 is 6.03 Å². The maximum Gasteiger partial charge on any atom is 0.416 e. The lowest BCUT2D eigenvalue weighted by molar-refractivity contribution is -0.138. The van der Waals surface area contributed by atoms with Crippen LogP contribution >= 0.6 is 0 Å². The standard InChI is InChI=1S/C16H21F3N2O3/c1-24-13-7-2-10(14(8-13)16(17,18)19)9-20-15(23)21-11-3-5-12(22)6-4-11/h2,7-8,11-12,22H,3-6,9H2,1H3,(H2,20,21,23). The molecule has 3 N–H and O–H groups in total. The summed E-state index contributed by atoms with van der Waals surface area (Å²) in [6.07, 6.45) is -2.32. The first-order valence-electron chi connectivity index (χ1n) is 7.76. The monoisotopic (exact) mass is 346 g/mol. The van der Waals surface area contributed by atoms with E-state index in [4.69, 9.17) is 4.74 Å². The lowest BCUT2D eigenvalue weighted by Gasteiger charge is -2.26. The number of hydrogen-bond acceptors (Lipinski definition) is 3. The molecule has 2 rings (SSSR count). The molecule has 0 saturated heterocycles. The van der Waals surface area contributed by atoms with Crippen molar-refractivity contribution in [2.45, 2.75) is 50.6 Å². The second kappa shape index (κ2) is 7.74. The van der Waals surface area contributed by atoms with Crippen molar-refractivity contribution in [3.8, 4) is 5.75 Å². The second-order valence-electron chi connectivity index (χ2n) is 5.85. The molecule has 0 radical (unpaired) electrons. The molecule has 1 aromatic rings. The number of ether oxygens (including phenoxy) is 1. The second-order valence-corrected chi connectivity index (χ2v) is 5.85. The van der Waals surface area contributed by atoms with Gasteiger partial charge >= 0.3 is 12.2 Å². The van der Waals surface area contributed by atoms with Crippen molar-refractivity contribution in [1.82, 2.24) is 10.6 Å². The molecule has 1 saturated carbocycles. The zero-order chi connectivity index (χ0) is 17.7. The molecule has 0 atom stereocenters. The van der Waals surface area contributed by atoms with E-state index < -0.39 is 17.8 Å². The van der Waals surface area contributed by atoms with E-state index in [2.05, 4.69) is 10.6 Å². The van der Waals surface area contributed by atoms with Gasteiger partial charge in [0.1, 0.15) is 5.75 Å². The summed E-state index contributed by atoms with van der Waals surface area (Å²) in [6.45, 7) is -0.236. The average molecular weight is 346 g/mol. The predicted molar refractivity (Wildman–Crippen MR) is 81.6 cm³/mol. The number of aliphatic hydroxyl groups excluding tert-OH is 1. The lowest BCUT2D eigenvalue weighted by Crippen LogP contribution is -2.44. The Hall–Kier alpha value is -1.96. The molecule has 0 spiro atoms. The number of hydrogen-bond donors (Lipinski definition) is 3. The minimum absolute atomic E-state index is 0.0301. The Labute approximate surface area is 138 Å². The van der Waals surface area contributed by atoms with E-state index in [1.165, 1.54) is 19.2 Å². The zero-order valence-corrected chi connectivity index (χ0v) is 13.3. The van der Waals surface area contributed by atoms with Crippen LogP contribution in [0.5, 0.6) is 5.75 Å². The summed E-state index contributed by atoms with van der Waals surface area (Å²) in [4.78, 5) is 11.9. The summed E-state index contributed by atoms with van der Waals surface area (Å²) in [7, 11) is 1.29. The average Bonchev–Trinajstić information content (AvgIpc) is 2.54. The van der Waals surface area contributed by atoms with E-state index in [0.29, 0.717) is 25.7 Å². The van der Waals surface area contributed by atoms with Crippen LogP contribution in [0.1, 0.15) is 36.8 Å². The molecule has 0 bridgehead atoms. The Morgan fingerprint density at radius 3 is 2.54 bits per heavy atom.